The number of para-hydroxylation sites is 1. The summed E-state index contributed by atoms with van der Waals surface area (Å²) in [5.41, 5.74) is 2.16. The van der Waals surface area contributed by atoms with Gasteiger partial charge in [-0.25, -0.2) is 0 Å². The highest BCUT2D eigenvalue weighted by atomic mass is 16.5. The van der Waals surface area contributed by atoms with Crippen LogP contribution in [0.15, 0.2) is 28.7 Å². The van der Waals surface area contributed by atoms with Crippen molar-refractivity contribution in [3.8, 4) is 0 Å². The number of benzene rings is 1. The van der Waals surface area contributed by atoms with Gasteiger partial charge in [0.05, 0.1) is 19.3 Å². The van der Waals surface area contributed by atoms with Crippen LogP contribution in [0.3, 0.4) is 0 Å². The first-order valence-corrected chi connectivity index (χ1v) is 8.03. The van der Waals surface area contributed by atoms with Gasteiger partial charge in [-0.15, -0.1) is 0 Å². The predicted molar refractivity (Wildman–Crippen MR) is 85.2 cm³/mol. The third kappa shape index (κ3) is 3.30. The molecule has 0 radical (unpaired) electrons. The van der Waals surface area contributed by atoms with E-state index in [0.29, 0.717) is 12.7 Å². The van der Waals surface area contributed by atoms with Crippen LogP contribution in [0.4, 0.5) is 0 Å². The molecule has 2 atom stereocenters. The molecular weight excluding hydrogens is 262 g/mol. The van der Waals surface area contributed by atoms with Gasteiger partial charge in [0.1, 0.15) is 11.3 Å². The Hall–Kier alpha value is -1.32. The number of hydrogen-bond donors (Lipinski definition) is 1. The zero-order chi connectivity index (χ0) is 14.7. The molecule has 0 aliphatic heterocycles. The summed E-state index contributed by atoms with van der Waals surface area (Å²) in [4.78, 5) is 0. The van der Waals surface area contributed by atoms with Crippen molar-refractivity contribution in [1.29, 1.82) is 0 Å². The molecule has 1 fully saturated rings. The average molecular weight is 287 g/mol. The van der Waals surface area contributed by atoms with Gasteiger partial charge in [0.15, 0.2) is 0 Å². The molecule has 1 aromatic heterocycles. The largest absolute Gasteiger partial charge is 0.459 e. The Kier molecular flexibility index (Phi) is 4.61. The second-order valence-corrected chi connectivity index (χ2v) is 6.24. The third-order valence-electron chi connectivity index (χ3n) is 4.47. The SMILES string of the molecule is CNCc1oc2ccccc2c1COC1CCCC(C)C1. The first kappa shape index (κ1) is 14.6. The Morgan fingerprint density at radius 1 is 1.29 bits per heavy atom. The van der Waals surface area contributed by atoms with Crippen LogP contribution in [0.5, 0.6) is 0 Å². The highest BCUT2D eigenvalue weighted by Gasteiger charge is 2.21. The summed E-state index contributed by atoms with van der Waals surface area (Å²) >= 11 is 0. The summed E-state index contributed by atoms with van der Waals surface area (Å²) in [6.07, 6.45) is 5.43. The fraction of sp³-hybridized carbons (Fsp3) is 0.556. The third-order valence-corrected chi connectivity index (χ3v) is 4.47. The fourth-order valence-corrected chi connectivity index (χ4v) is 3.34. The van der Waals surface area contributed by atoms with Crippen molar-refractivity contribution in [3.63, 3.8) is 0 Å². The smallest absolute Gasteiger partial charge is 0.134 e. The number of furan rings is 1. The van der Waals surface area contributed by atoms with Crippen molar-refractivity contribution in [2.45, 2.75) is 51.9 Å². The maximum absolute atomic E-state index is 6.21. The number of hydrogen-bond acceptors (Lipinski definition) is 3. The zero-order valence-electron chi connectivity index (χ0n) is 13.0. The van der Waals surface area contributed by atoms with Crippen LogP contribution in [-0.4, -0.2) is 13.2 Å². The van der Waals surface area contributed by atoms with Gasteiger partial charge >= 0.3 is 0 Å². The Labute approximate surface area is 126 Å². The van der Waals surface area contributed by atoms with E-state index in [-0.39, 0.29) is 0 Å². The van der Waals surface area contributed by atoms with Gasteiger partial charge < -0.3 is 14.5 Å². The van der Waals surface area contributed by atoms with Crippen LogP contribution in [0.2, 0.25) is 0 Å². The first-order valence-electron chi connectivity index (χ1n) is 8.03. The van der Waals surface area contributed by atoms with Crippen LogP contribution in [0.25, 0.3) is 11.0 Å². The second-order valence-electron chi connectivity index (χ2n) is 6.24. The Morgan fingerprint density at radius 3 is 2.95 bits per heavy atom. The number of fused-ring (bicyclic) bond motifs is 1. The van der Waals surface area contributed by atoms with Crippen LogP contribution in [0, 0.1) is 5.92 Å². The molecule has 2 unspecified atom stereocenters. The maximum Gasteiger partial charge on any atom is 0.134 e. The molecule has 1 aromatic carbocycles. The summed E-state index contributed by atoms with van der Waals surface area (Å²) in [6, 6.07) is 8.23. The molecule has 114 valence electrons. The Morgan fingerprint density at radius 2 is 2.14 bits per heavy atom. The van der Waals surface area contributed by atoms with Crippen molar-refractivity contribution < 1.29 is 9.15 Å². The summed E-state index contributed by atoms with van der Waals surface area (Å²) in [7, 11) is 1.95. The second kappa shape index (κ2) is 6.63. The lowest BCUT2D eigenvalue weighted by molar-refractivity contribution is 0.00451. The fourth-order valence-electron chi connectivity index (χ4n) is 3.34. The van der Waals surface area contributed by atoms with Gasteiger partial charge in [0, 0.05) is 10.9 Å². The quantitative estimate of drug-likeness (QED) is 0.893. The molecule has 1 aliphatic carbocycles. The number of nitrogens with one attached hydrogen (secondary N) is 1. The van der Waals surface area contributed by atoms with Gasteiger partial charge in [-0.05, 0) is 31.9 Å². The van der Waals surface area contributed by atoms with E-state index in [2.05, 4.69) is 24.4 Å². The topological polar surface area (TPSA) is 34.4 Å². The summed E-state index contributed by atoms with van der Waals surface area (Å²) in [5, 5.41) is 4.37. The molecule has 0 spiro atoms. The molecular formula is C18H25NO2. The van der Waals surface area contributed by atoms with Crippen LogP contribution in [-0.2, 0) is 17.9 Å². The lowest BCUT2D eigenvalue weighted by atomic mass is 9.89. The highest BCUT2D eigenvalue weighted by Crippen LogP contribution is 2.30. The summed E-state index contributed by atoms with van der Waals surface area (Å²) < 4.78 is 12.2. The van der Waals surface area contributed by atoms with Gasteiger partial charge in [-0.1, -0.05) is 38.0 Å². The molecule has 3 rings (SSSR count). The predicted octanol–water partition coefficient (Wildman–Crippen LogP) is 4.25. The minimum atomic E-state index is 0.407. The molecule has 1 heterocycles. The van der Waals surface area contributed by atoms with E-state index < -0.39 is 0 Å². The molecule has 1 N–H and O–H groups in total. The van der Waals surface area contributed by atoms with Crippen molar-refractivity contribution >= 4 is 11.0 Å². The molecule has 1 aliphatic rings. The van der Waals surface area contributed by atoms with Crippen molar-refractivity contribution in [2.24, 2.45) is 5.92 Å². The van der Waals surface area contributed by atoms with Crippen LogP contribution < -0.4 is 5.32 Å². The van der Waals surface area contributed by atoms with E-state index in [1.807, 2.05) is 19.2 Å². The van der Waals surface area contributed by atoms with E-state index in [1.165, 1.54) is 36.6 Å². The molecule has 2 aromatic rings. The van der Waals surface area contributed by atoms with E-state index in [1.54, 1.807) is 0 Å². The lowest BCUT2D eigenvalue weighted by Gasteiger charge is -2.26. The van der Waals surface area contributed by atoms with Crippen molar-refractivity contribution in [1.82, 2.24) is 5.32 Å². The van der Waals surface area contributed by atoms with E-state index in [0.717, 1.165) is 23.8 Å². The normalized spacial score (nSPS) is 22.8. The van der Waals surface area contributed by atoms with Crippen LogP contribution >= 0.6 is 0 Å². The molecule has 3 heteroatoms. The molecule has 1 saturated carbocycles. The van der Waals surface area contributed by atoms with Gasteiger partial charge in [-0.2, -0.15) is 0 Å². The van der Waals surface area contributed by atoms with Crippen LogP contribution in [0.1, 0.15) is 43.9 Å². The minimum Gasteiger partial charge on any atom is -0.459 e. The molecule has 3 nitrogen and oxygen atoms in total. The monoisotopic (exact) mass is 287 g/mol. The minimum absolute atomic E-state index is 0.407. The van der Waals surface area contributed by atoms with E-state index in [4.69, 9.17) is 9.15 Å². The van der Waals surface area contributed by atoms with Gasteiger partial charge in [-0.3, -0.25) is 0 Å². The Bertz CT molecular complexity index is 590. The molecule has 0 saturated heterocycles. The van der Waals surface area contributed by atoms with E-state index >= 15 is 0 Å². The summed E-state index contributed by atoms with van der Waals surface area (Å²) in [6.45, 7) is 3.73. The van der Waals surface area contributed by atoms with Crippen molar-refractivity contribution in [3.05, 3.63) is 35.6 Å². The molecule has 21 heavy (non-hydrogen) atoms. The average Bonchev–Trinajstić information content (AvgIpc) is 2.83. The summed E-state index contributed by atoms with van der Waals surface area (Å²) in [5.74, 6) is 1.80. The maximum atomic E-state index is 6.21. The number of rotatable bonds is 5. The lowest BCUT2D eigenvalue weighted by Crippen LogP contribution is -2.21. The standard InChI is InChI=1S/C18H25NO2/c1-13-6-5-7-14(10-13)20-12-16-15-8-3-4-9-17(15)21-18(16)11-19-2/h3-4,8-9,13-14,19H,5-7,10-12H2,1-2H3. The first-order chi connectivity index (χ1) is 10.3. The van der Waals surface area contributed by atoms with Gasteiger partial charge in [0.2, 0.25) is 0 Å². The van der Waals surface area contributed by atoms with Gasteiger partial charge in [0.25, 0.3) is 0 Å². The van der Waals surface area contributed by atoms with Crippen molar-refractivity contribution in [2.75, 3.05) is 7.05 Å². The molecule has 0 amide bonds. The van der Waals surface area contributed by atoms with E-state index in [9.17, 15) is 0 Å². The number of ether oxygens (including phenoxy) is 1. The molecule has 0 bridgehead atoms. The Balaban J connectivity index is 1.77. The zero-order valence-corrected chi connectivity index (χ0v) is 13.0. The highest BCUT2D eigenvalue weighted by molar-refractivity contribution is 5.82.